The molecule has 1 spiro atoms. The van der Waals surface area contributed by atoms with Crippen molar-refractivity contribution in [3.05, 3.63) is 95.2 Å². The standard InChI is InChI=1S/C40H44FN9O2/c1-27-5-10-31(23-32(27)36(42)34-12-11-33(41)38(44-34)49-17-3-4-18-49)50-22-16-40(39(50)52)15-21-47(25-40)24-35(51)48-19-13-29(14-20-48)28-6-8-30(9-7-28)37-43-26-46(2)45-37/h5-13,23,26,42H,3-4,14-22,24-25H2,1-2H3/t40-/m0/s1. The van der Waals surface area contributed by atoms with Gasteiger partial charge in [0.15, 0.2) is 17.5 Å². The molecule has 268 valence electrons. The first-order valence-electron chi connectivity index (χ1n) is 18.3. The van der Waals surface area contributed by atoms with Crippen molar-refractivity contribution in [2.24, 2.45) is 12.5 Å². The lowest BCUT2D eigenvalue weighted by molar-refractivity contribution is -0.132. The number of nitrogens with zero attached hydrogens (tertiary/aromatic N) is 8. The van der Waals surface area contributed by atoms with Gasteiger partial charge in [-0.3, -0.25) is 24.6 Å². The fourth-order valence-electron chi connectivity index (χ4n) is 8.20. The number of likely N-dealkylation sites (tertiary alicyclic amines) is 1. The van der Waals surface area contributed by atoms with Crippen LogP contribution in [0.1, 0.15) is 54.5 Å². The van der Waals surface area contributed by atoms with Gasteiger partial charge in [0.05, 0.1) is 23.4 Å². The Bertz CT molecular complexity index is 2070. The van der Waals surface area contributed by atoms with Crippen molar-refractivity contribution in [1.82, 2.24) is 29.5 Å². The third kappa shape index (κ3) is 6.40. The van der Waals surface area contributed by atoms with Crippen LogP contribution in [0.4, 0.5) is 15.9 Å². The Kier molecular flexibility index (Phi) is 8.94. The average molecular weight is 702 g/mol. The number of aryl methyl sites for hydroxylation is 2. The van der Waals surface area contributed by atoms with Gasteiger partial charge in [0.2, 0.25) is 11.8 Å². The molecule has 0 radical (unpaired) electrons. The second-order valence-electron chi connectivity index (χ2n) is 14.7. The summed E-state index contributed by atoms with van der Waals surface area (Å²) in [5.74, 6) is 0.804. The van der Waals surface area contributed by atoms with Crippen LogP contribution in [0.5, 0.6) is 0 Å². The number of nitrogens with one attached hydrogen (secondary N) is 1. The highest BCUT2D eigenvalue weighted by atomic mass is 19.1. The fraction of sp³-hybridized carbons (Fsp3) is 0.400. The Morgan fingerprint density at radius 1 is 0.962 bits per heavy atom. The summed E-state index contributed by atoms with van der Waals surface area (Å²) in [5, 5.41) is 13.4. The van der Waals surface area contributed by atoms with Gasteiger partial charge >= 0.3 is 0 Å². The molecule has 2 aromatic heterocycles. The molecule has 2 amide bonds. The monoisotopic (exact) mass is 701 g/mol. The van der Waals surface area contributed by atoms with E-state index in [9.17, 15) is 14.0 Å². The van der Waals surface area contributed by atoms with E-state index in [1.54, 1.807) is 17.1 Å². The van der Waals surface area contributed by atoms with E-state index >= 15 is 0 Å². The molecule has 3 saturated heterocycles. The van der Waals surface area contributed by atoms with Crippen molar-refractivity contribution in [2.45, 2.75) is 39.0 Å². The molecule has 1 atom stereocenters. The average Bonchev–Trinajstić information content (AvgIpc) is 3.99. The van der Waals surface area contributed by atoms with Crippen LogP contribution in [0, 0.1) is 23.6 Å². The molecule has 6 heterocycles. The highest BCUT2D eigenvalue weighted by Crippen LogP contribution is 2.43. The minimum Gasteiger partial charge on any atom is -0.354 e. The Labute approximate surface area is 303 Å². The van der Waals surface area contributed by atoms with Gasteiger partial charge in [-0.05, 0) is 86.5 Å². The van der Waals surface area contributed by atoms with E-state index in [0.717, 1.165) is 67.6 Å². The normalized spacial score (nSPS) is 20.7. The second kappa shape index (κ2) is 13.7. The number of anilines is 2. The van der Waals surface area contributed by atoms with Gasteiger partial charge in [-0.2, -0.15) is 5.10 Å². The SMILES string of the molecule is Cc1ccc(N2CC[C@]3(CCN(CC(=O)N4CC=C(c5ccc(-c6ncn(C)n6)cc5)CC4)C3)C2=O)cc1C(=N)c1ccc(F)c(N2CCCC2)n1. The van der Waals surface area contributed by atoms with E-state index in [-0.39, 0.29) is 23.3 Å². The smallest absolute Gasteiger partial charge is 0.237 e. The molecule has 12 heteroatoms. The molecule has 2 aromatic carbocycles. The number of rotatable bonds is 8. The zero-order chi connectivity index (χ0) is 36.0. The molecule has 4 aliphatic rings. The Morgan fingerprint density at radius 3 is 2.46 bits per heavy atom. The van der Waals surface area contributed by atoms with Crippen molar-refractivity contribution in [2.75, 3.05) is 62.2 Å². The van der Waals surface area contributed by atoms with E-state index in [1.165, 1.54) is 11.6 Å². The number of carbonyl (C=O) groups is 2. The van der Waals surface area contributed by atoms with E-state index in [2.05, 4.69) is 38.2 Å². The third-order valence-electron chi connectivity index (χ3n) is 11.3. The number of carbonyl (C=O) groups excluding carboxylic acids is 2. The maximum absolute atomic E-state index is 14.7. The topological polar surface area (TPSA) is 115 Å². The van der Waals surface area contributed by atoms with E-state index in [0.29, 0.717) is 62.2 Å². The van der Waals surface area contributed by atoms with Gasteiger partial charge in [0.25, 0.3) is 0 Å². The molecule has 3 fully saturated rings. The number of hydrogen-bond donors (Lipinski definition) is 1. The summed E-state index contributed by atoms with van der Waals surface area (Å²) in [6.07, 6.45) is 8.08. The highest BCUT2D eigenvalue weighted by molar-refractivity contribution is 6.12. The summed E-state index contributed by atoms with van der Waals surface area (Å²) in [5.41, 5.74) is 5.78. The van der Waals surface area contributed by atoms with Crippen molar-refractivity contribution in [3.8, 4) is 11.4 Å². The Morgan fingerprint density at radius 2 is 1.73 bits per heavy atom. The molecule has 0 aliphatic carbocycles. The molecule has 4 aliphatic heterocycles. The van der Waals surface area contributed by atoms with Crippen LogP contribution in [-0.4, -0.2) is 99.4 Å². The van der Waals surface area contributed by atoms with E-state index in [4.69, 9.17) is 5.41 Å². The zero-order valence-electron chi connectivity index (χ0n) is 29.8. The van der Waals surface area contributed by atoms with Gasteiger partial charge in [-0.25, -0.2) is 14.4 Å². The fourth-order valence-corrected chi connectivity index (χ4v) is 8.20. The molecule has 8 rings (SSSR count). The van der Waals surface area contributed by atoms with Crippen molar-refractivity contribution in [1.29, 1.82) is 5.41 Å². The van der Waals surface area contributed by atoms with Crippen molar-refractivity contribution in [3.63, 3.8) is 0 Å². The predicted molar refractivity (Wildman–Crippen MR) is 199 cm³/mol. The molecular formula is C40H44FN9O2. The first-order valence-corrected chi connectivity index (χ1v) is 18.3. The van der Waals surface area contributed by atoms with E-state index < -0.39 is 5.41 Å². The van der Waals surface area contributed by atoms with Gasteiger partial charge in [-0.1, -0.05) is 36.4 Å². The molecule has 4 aromatic rings. The lowest BCUT2D eigenvalue weighted by atomic mass is 9.85. The molecule has 0 bridgehead atoms. The highest BCUT2D eigenvalue weighted by Gasteiger charge is 2.51. The molecular weight excluding hydrogens is 657 g/mol. The lowest BCUT2D eigenvalue weighted by Gasteiger charge is -2.29. The molecule has 0 unspecified atom stereocenters. The zero-order valence-corrected chi connectivity index (χ0v) is 29.8. The maximum atomic E-state index is 14.7. The molecule has 1 N–H and O–H groups in total. The van der Waals surface area contributed by atoms with Gasteiger partial charge in [-0.15, -0.1) is 0 Å². The summed E-state index contributed by atoms with van der Waals surface area (Å²) < 4.78 is 16.4. The number of amides is 2. The molecule has 0 saturated carbocycles. The van der Waals surface area contributed by atoms with Gasteiger partial charge < -0.3 is 14.7 Å². The van der Waals surface area contributed by atoms with Crippen LogP contribution >= 0.6 is 0 Å². The Hall–Kier alpha value is -5.23. The van der Waals surface area contributed by atoms with Crippen LogP contribution in [0.15, 0.2) is 67.0 Å². The third-order valence-corrected chi connectivity index (χ3v) is 11.3. The van der Waals surface area contributed by atoms with E-state index in [1.807, 2.05) is 59.0 Å². The molecule has 11 nitrogen and oxygen atoms in total. The summed E-state index contributed by atoms with van der Waals surface area (Å²) in [4.78, 5) is 44.2. The van der Waals surface area contributed by atoms with Gasteiger partial charge in [0, 0.05) is 63.1 Å². The largest absolute Gasteiger partial charge is 0.354 e. The van der Waals surface area contributed by atoms with Crippen molar-refractivity contribution < 1.29 is 14.0 Å². The van der Waals surface area contributed by atoms with Crippen LogP contribution in [0.25, 0.3) is 17.0 Å². The second-order valence-corrected chi connectivity index (χ2v) is 14.7. The van der Waals surface area contributed by atoms with Crippen LogP contribution in [-0.2, 0) is 16.6 Å². The lowest BCUT2D eigenvalue weighted by Crippen LogP contribution is -2.43. The van der Waals surface area contributed by atoms with Crippen LogP contribution in [0.2, 0.25) is 0 Å². The minimum absolute atomic E-state index is 0.0791. The first kappa shape index (κ1) is 33.9. The van der Waals surface area contributed by atoms with Crippen molar-refractivity contribution >= 4 is 34.6 Å². The minimum atomic E-state index is -0.520. The number of halogens is 1. The predicted octanol–water partition coefficient (Wildman–Crippen LogP) is 5.09. The quantitative estimate of drug-likeness (QED) is 0.255. The maximum Gasteiger partial charge on any atom is 0.237 e. The van der Waals surface area contributed by atoms with Gasteiger partial charge in [0.1, 0.15) is 6.33 Å². The summed E-state index contributed by atoms with van der Waals surface area (Å²) in [7, 11) is 1.85. The number of pyridine rings is 1. The number of benzene rings is 2. The number of aromatic nitrogens is 4. The van der Waals surface area contributed by atoms with Crippen LogP contribution < -0.4 is 9.80 Å². The summed E-state index contributed by atoms with van der Waals surface area (Å²) >= 11 is 0. The molecule has 52 heavy (non-hydrogen) atoms. The number of hydrogen-bond acceptors (Lipinski definition) is 8. The Balaban J connectivity index is 0.888. The first-order chi connectivity index (χ1) is 25.2. The van der Waals surface area contributed by atoms with Crippen LogP contribution in [0.3, 0.4) is 0 Å². The summed E-state index contributed by atoms with van der Waals surface area (Å²) in [6, 6.07) is 17.0. The summed E-state index contributed by atoms with van der Waals surface area (Å²) in [6.45, 7) is 6.86.